The maximum Gasteiger partial charge on any atom is 0.326 e. The van der Waals surface area contributed by atoms with Gasteiger partial charge in [-0.25, -0.2) is 4.79 Å². The van der Waals surface area contributed by atoms with E-state index in [-0.39, 0.29) is 5.75 Å². The Kier molecular flexibility index (Phi) is 6.95. The molecular weight excluding hydrogens is 408 g/mol. The van der Waals surface area contributed by atoms with E-state index in [0.717, 1.165) is 29.1 Å². The van der Waals surface area contributed by atoms with E-state index >= 15 is 0 Å². The monoisotopic (exact) mass is 430 g/mol. The molecule has 2 aliphatic rings. The van der Waals surface area contributed by atoms with Gasteiger partial charge < -0.3 is 15.4 Å². The molecule has 1 aliphatic carbocycles. The van der Waals surface area contributed by atoms with E-state index in [4.69, 9.17) is 10.00 Å². The lowest BCUT2D eigenvalue weighted by molar-refractivity contribution is -0.150. The molecule has 1 saturated carbocycles. The van der Waals surface area contributed by atoms with Crippen LogP contribution in [0.25, 0.3) is 0 Å². The van der Waals surface area contributed by atoms with Gasteiger partial charge in [-0.1, -0.05) is 31.4 Å². The fraction of sp³-hybridized carbons (Fsp3) is 0.450. The summed E-state index contributed by atoms with van der Waals surface area (Å²) in [5, 5.41) is 14.1. The lowest BCUT2D eigenvalue weighted by Gasteiger charge is -2.30. The highest BCUT2D eigenvalue weighted by Crippen LogP contribution is 2.33. The zero-order chi connectivity index (χ0) is 21.6. The number of thioether (sulfide) groups is 1. The summed E-state index contributed by atoms with van der Waals surface area (Å²) in [6.45, 7) is -1.08. The summed E-state index contributed by atoms with van der Waals surface area (Å²) in [6, 6.07) is 8.37. The molecule has 1 aromatic rings. The van der Waals surface area contributed by atoms with Crippen LogP contribution in [-0.2, 0) is 19.1 Å². The quantitative estimate of drug-likeness (QED) is 0.385. The van der Waals surface area contributed by atoms with Gasteiger partial charge >= 0.3 is 12.0 Å². The summed E-state index contributed by atoms with van der Waals surface area (Å²) < 4.78 is 4.95. The number of carbonyl (C=O) groups excluding carboxylic acids is 4. The molecule has 1 heterocycles. The smallest absolute Gasteiger partial charge is 0.326 e. The van der Waals surface area contributed by atoms with Crippen LogP contribution in [0.2, 0.25) is 0 Å². The molecule has 9 nitrogen and oxygen atoms in total. The molecule has 0 radical (unpaired) electrons. The highest BCUT2D eigenvalue weighted by molar-refractivity contribution is 7.99. The molecule has 0 aromatic heterocycles. The zero-order valence-electron chi connectivity index (χ0n) is 16.3. The summed E-state index contributed by atoms with van der Waals surface area (Å²) in [5.41, 5.74) is -0.398. The molecule has 1 aliphatic heterocycles. The van der Waals surface area contributed by atoms with E-state index in [1.54, 1.807) is 24.3 Å². The highest BCUT2D eigenvalue weighted by Gasteiger charge is 2.51. The van der Waals surface area contributed by atoms with Crippen LogP contribution < -0.4 is 10.6 Å². The summed E-state index contributed by atoms with van der Waals surface area (Å²) in [6.07, 6.45) is 3.83. The predicted octanol–water partition coefficient (Wildman–Crippen LogP) is 2.04. The standard InChI is InChI=1S/C20H22N4O5S/c21-10-11-30-15-7-3-2-6-14(15)22-16(25)13-29-17(26)12-24-18(27)20(23-19(24)28)8-4-1-5-9-20/h2-3,6-7H,1,4-5,8-9,11-13H2,(H,22,25)(H,23,28). The molecule has 1 saturated heterocycles. The number of ether oxygens (including phenoxy) is 1. The average Bonchev–Trinajstić information content (AvgIpc) is 2.96. The molecule has 158 valence electrons. The number of para-hydroxylation sites is 1. The van der Waals surface area contributed by atoms with E-state index in [9.17, 15) is 19.2 Å². The molecule has 2 N–H and O–H groups in total. The first kappa shape index (κ1) is 21.6. The Balaban J connectivity index is 1.50. The third-order valence-electron chi connectivity index (χ3n) is 5.06. The topological polar surface area (TPSA) is 129 Å². The summed E-state index contributed by atoms with van der Waals surface area (Å²) in [7, 11) is 0. The van der Waals surface area contributed by atoms with Gasteiger partial charge in [-0.3, -0.25) is 19.3 Å². The second-order valence-electron chi connectivity index (χ2n) is 7.12. The van der Waals surface area contributed by atoms with E-state index in [2.05, 4.69) is 10.6 Å². The number of anilines is 1. The molecule has 0 unspecified atom stereocenters. The van der Waals surface area contributed by atoms with Gasteiger partial charge in [0, 0.05) is 4.90 Å². The van der Waals surface area contributed by atoms with Crippen molar-refractivity contribution in [1.82, 2.24) is 10.2 Å². The van der Waals surface area contributed by atoms with Crippen molar-refractivity contribution in [3.05, 3.63) is 24.3 Å². The van der Waals surface area contributed by atoms with Crippen LogP contribution in [0.3, 0.4) is 0 Å². The number of urea groups is 1. The Bertz CT molecular complexity index is 891. The van der Waals surface area contributed by atoms with Crippen LogP contribution in [0.1, 0.15) is 32.1 Å². The van der Waals surface area contributed by atoms with Crippen molar-refractivity contribution in [3.63, 3.8) is 0 Å². The van der Waals surface area contributed by atoms with Crippen molar-refractivity contribution >= 4 is 41.3 Å². The summed E-state index contributed by atoms with van der Waals surface area (Å²) in [5.74, 6) is -1.57. The van der Waals surface area contributed by atoms with Crippen molar-refractivity contribution in [2.45, 2.75) is 42.5 Å². The summed E-state index contributed by atoms with van der Waals surface area (Å²) in [4.78, 5) is 50.7. The Morgan fingerprint density at radius 1 is 1.23 bits per heavy atom. The van der Waals surface area contributed by atoms with Crippen molar-refractivity contribution in [2.75, 3.05) is 24.2 Å². The lowest BCUT2D eigenvalue weighted by atomic mass is 9.82. The minimum atomic E-state index is -0.905. The van der Waals surface area contributed by atoms with Crippen LogP contribution in [-0.4, -0.2) is 53.2 Å². The molecule has 30 heavy (non-hydrogen) atoms. The SMILES string of the molecule is N#CCSc1ccccc1NC(=O)COC(=O)CN1C(=O)NC2(CCCCC2)C1=O. The molecule has 0 atom stereocenters. The highest BCUT2D eigenvalue weighted by atomic mass is 32.2. The van der Waals surface area contributed by atoms with Crippen molar-refractivity contribution in [3.8, 4) is 6.07 Å². The number of carbonyl (C=O) groups is 4. The maximum atomic E-state index is 12.7. The van der Waals surface area contributed by atoms with Crippen LogP contribution >= 0.6 is 11.8 Å². The number of hydrogen-bond donors (Lipinski definition) is 2. The number of esters is 1. The number of nitrogens with one attached hydrogen (secondary N) is 2. The summed E-state index contributed by atoms with van der Waals surface area (Å²) >= 11 is 1.27. The van der Waals surface area contributed by atoms with Gasteiger partial charge in [0.25, 0.3) is 11.8 Å². The van der Waals surface area contributed by atoms with Crippen molar-refractivity contribution < 1.29 is 23.9 Å². The number of rotatable bonds is 7. The maximum absolute atomic E-state index is 12.7. The third kappa shape index (κ3) is 4.91. The third-order valence-corrected chi connectivity index (χ3v) is 6.00. The molecule has 1 spiro atoms. The second-order valence-corrected chi connectivity index (χ2v) is 8.13. The van der Waals surface area contributed by atoms with Gasteiger partial charge in [-0.05, 0) is 25.0 Å². The Hall–Kier alpha value is -3.06. The van der Waals surface area contributed by atoms with Gasteiger partial charge in [0.15, 0.2) is 6.61 Å². The minimum absolute atomic E-state index is 0.231. The van der Waals surface area contributed by atoms with Crippen molar-refractivity contribution in [1.29, 1.82) is 5.26 Å². The van der Waals surface area contributed by atoms with Crippen LogP contribution in [0, 0.1) is 11.3 Å². The predicted molar refractivity (Wildman–Crippen MR) is 108 cm³/mol. The first-order valence-corrected chi connectivity index (χ1v) is 10.6. The largest absolute Gasteiger partial charge is 0.454 e. The Morgan fingerprint density at radius 2 is 1.97 bits per heavy atom. The molecule has 3 rings (SSSR count). The molecular formula is C20H22N4O5S. The van der Waals surface area contributed by atoms with E-state index in [1.807, 2.05) is 6.07 Å². The van der Waals surface area contributed by atoms with Gasteiger partial charge in [0.05, 0.1) is 17.5 Å². The van der Waals surface area contributed by atoms with Crippen LogP contribution in [0.15, 0.2) is 29.2 Å². The molecule has 1 aromatic carbocycles. The molecule has 0 bridgehead atoms. The average molecular weight is 430 g/mol. The molecule has 4 amide bonds. The fourth-order valence-electron chi connectivity index (χ4n) is 3.63. The van der Waals surface area contributed by atoms with E-state index < -0.39 is 42.5 Å². The first-order valence-electron chi connectivity index (χ1n) is 9.63. The fourth-order valence-corrected chi connectivity index (χ4v) is 4.30. The second kappa shape index (κ2) is 9.63. The minimum Gasteiger partial charge on any atom is -0.454 e. The number of imide groups is 1. The van der Waals surface area contributed by atoms with Gasteiger partial charge in [-0.15, -0.1) is 11.8 Å². The zero-order valence-corrected chi connectivity index (χ0v) is 17.1. The van der Waals surface area contributed by atoms with Gasteiger partial charge in [0.1, 0.15) is 12.1 Å². The molecule has 2 fully saturated rings. The lowest BCUT2D eigenvalue weighted by Crippen LogP contribution is -2.48. The molecule has 10 heteroatoms. The number of amides is 4. The van der Waals surface area contributed by atoms with Crippen LogP contribution in [0.4, 0.5) is 10.5 Å². The van der Waals surface area contributed by atoms with Gasteiger partial charge in [0.2, 0.25) is 0 Å². The number of nitrogens with zero attached hydrogens (tertiary/aromatic N) is 2. The normalized spacial score (nSPS) is 17.4. The van der Waals surface area contributed by atoms with E-state index in [0.29, 0.717) is 18.5 Å². The number of nitriles is 1. The Labute approximate surface area is 178 Å². The number of hydrogen-bond acceptors (Lipinski definition) is 7. The number of benzene rings is 1. The van der Waals surface area contributed by atoms with E-state index in [1.165, 1.54) is 11.8 Å². The van der Waals surface area contributed by atoms with Crippen LogP contribution in [0.5, 0.6) is 0 Å². The Morgan fingerprint density at radius 3 is 2.70 bits per heavy atom. The van der Waals surface area contributed by atoms with Gasteiger partial charge in [-0.2, -0.15) is 5.26 Å². The van der Waals surface area contributed by atoms with Crippen molar-refractivity contribution in [2.24, 2.45) is 0 Å². The first-order chi connectivity index (χ1) is 14.4.